The van der Waals surface area contributed by atoms with Crippen molar-refractivity contribution in [2.45, 2.75) is 6.92 Å². The number of aromatic hydroxyl groups is 1. The second-order valence-electron chi connectivity index (χ2n) is 2.42. The van der Waals surface area contributed by atoms with Gasteiger partial charge in [0.1, 0.15) is 5.75 Å². The van der Waals surface area contributed by atoms with Gasteiger partial charge >= 0.3 is 0 Å². The molecule has 0 fully saturated rings. The van der Waals surface area contributed by atoms with Gasteiger partial charge in [-0.2, -0.15) is 5.10 Å². The molecule has 0 saturated carbocycles. The quantitative estimate of drug-likeness (QED) is 0.586. The Morgan fingerprint density at radius 3 is 3.18 bits per heavy atom. The van der Waals surface area contributed by atoms with Gasteiger partial charge in [-0.25, -0.2) is 4.98 Å². The molecule has 56 valence electrons. The van der Waals surface area contributed by atoms with Gasteiger partial charge in [0.05, 0.1) is 11.6 Å². The van der Waals surface area contributed by atoms with Crippen LogP contribution in [0.25, 0.3) is 11.0 Å². The van der Waals surface area contributed by atoms with Crippen molar-refractivity contribution < 1.29 is 5.11 Å². The average molecular weight is 149 g/mol. The van der Waals surface area contributed by atoms with Crippen LogP contribution >= 0.6 is 0 Å². The highest BCUT2D eigenvalue weighted by Crippen LogP contribution is 2.21. The normalized spacial score (nSPS) is 10.6. The molecule has 2 aromatic heterocycles. The first kappa shape index (κ1) is 6.15. The molecule has 0 aromatic carbocycles. The first-order valence-corrected chi connectivity index (χ1v) is 3.27. The molecule has 11 heavy (non-hydrogen) atoms. The number of rotatable bonds is 0. The highest BCUT2D eigenvalue weighted by atomic mass is 16.3. The fourth-order valence-corrected chi connectivity index (χ4v) is 1.04. The first-order chi connectivity index (χ1) is 5.27. The predicted octanol–water partition coefficient (Wildman–Crippen LogP) is 0.972. The number of pyridine rings is 1. The topological polar surface area (TPSA) is 61.8 Å². The van der Waals surface area contributed by atoms with Crippen molar-refractivity contribution in [2.75, 3.05) is 0 Å². The monoisotopic (exact) mass is 149 g/mol. The van der Waals surface area contributed by atoms with E-state index in [1.165, 1.54) is 0 Å². The van der Waals surface area contributed by atoms with Crippen LogP contribution in [0.15, 0.2) is 12.3 Å². The fourth-order valence-electron chi connectivity index (χ4n) is 1.04. The van der Waals surface area contributed by atoms with E-state index in [4.69, 9.17) is 0 Å². The maximum Gasteiger partial charge on any atom is 0.159 e. The van der Waals surface area contributed by atoms with Crippen molar-refractivity contribution in [1.29, 1.82) is 0 Å². The molecule has 0 saturated heterocycles. The summed E-state index contributed by atoms with van der Waals surface area (Å²) in [5, 5.41) is 16.4. The van der Waals surface area contributed by atoms with Gasteiger partial charge in [-0.1, -0.05) is 0 Å². The Balaban J connectivity index is 2.91. The maximum absolute atomic E-state index is 9.34. The summed E-state index contributed by atoms with van der Waals surface area (Å²) in [5.74, 6) is 0.223. The van der Waals surface area contributed by atoms with Crippen molar-refractivity contribution in [3.63, 3.8) is 0 Å². The number of aromatic nitrogens is 3. The lowest BCUT2D eigenvalue weighted by Gasteiger charge is -1.94. The molecule has 4 heteroatoms. The first-order valence-electron chi connectivity index (χ1n) is 3.27. The number of aromatic amines is 1. The number of H-pyrrole nitrogens is 1. The second kappa shape index (κ2) is 1.95. The molecule has 0 spiro atoms. The summed E-state index contributed by atoms with van der Waals surface area (Å²) < 4.78 is 0. The van der Waals surface area contributed by atoms with Crippen molar-refractivity contribution in [1.82, 2.24) is 15.2 Å². The summed E-state index contributed by atoms with van der Waals surface area (Å²) in [6.07, 6.45) is 1.55. The van der Waals surface area contributed by atoms with Crippen LogP contribution in [0.1, 0.15) is 5.69 Å². The summed E-state index contributed by atoms with van der Waals surface area (Å²) in [7, 11) is 0. The number of nitrogens with one attached hydrogen (secondary N) is 1. The molecule has 0 atom stereocenters. The van der Waals surface area contributed by atoms with Crippen LogP contribution in [0.4, 0.5) is 0 Å². The zero-order chi connectivity index (χ0) is 7.84. The maximum atomic E-state index is 9.34. The van der Waals surface area contributed by atoms with Crippen LogP contribution in [0, 0.1) is 6.92 Å². The molecule has 0 amide bonds. The SMILES string of the molecule is Cc1cc(O)c2cn[nH]c2n1. The minimum Gasteiger partial charge on any atom is -0.507 e. The summed E-state index contributed by atoms with van der Waals surface area (Å²) in [6, 6.07) is 1.61. The summed E-state index contributed by atoms with van der Waals surface area (Å²) in [4.78, 5) is 4.12. The van der Waals surface area contributed by atoms with Crippen LogP contribution in [0.3, 0.4) is 0 Å². The van der Waals surface area contributed by atoms with E-state index >= 15 is 0 Å². The van der Waals surface area contributed by atoms with Gasteiger partial charge < -0.3 is 5.11 Å². The largest absolute Gasteiger partial charge is 0.507 e. The summed E-state index contributed by atoms with van der Waals surface area (Å²) in [5.41, 5.74) is 1.40. The molecule has 2 rings (SSSR count). The minimum atomic E-state index is 0.223. The van der Waals surface area contributed by atoms with E-state index in [-0.39, 0.29) is 5.75 Å². The second-order valence-corrected chi connectivity index (χ2v) is 2.42. The third kappa shape index (κ3) is 0.832. The van der Waals surface area contributed by atoms with Gasteiger partial charge in [-0.3, -0.25) is 5.10 Å². The van der Waals surface area contributed by atoms with Gasteiger partial charge in [0, 0.05) is 11.8 Å². The Hall–Kier alpha value is -1.58. The van der Waals surface area contributed by atoms with E-state index in [9.17, 15) is 5.11 Å². The van der Waals surface area contributed by atoms with Gasteiger partial charge in [0.15, 0.2) is 5.65 Å². The Morgan fingerprint density at radius 1 is 1.55 bits per heavy atom. The number of hydrogen-bond acceptors (Lipinski definition) is 3. The summed E-state index contributed by atoms with van der Waals surface area (Å²) in [6.45, 7) is 1.82. The van der Waals surface area contributed by atoms with Crippen molar-refractivity contribution in [3.8, 4) is 5.75 Å². The van der Waals surface area contributed by atoms with Crippen LogP contribution in [-0.4, -0.2) is 20.3 Å². The molecule has 2 aromatic rings. The van der Waals surface area contributed by atoms with Crippen LogP contribution in [0.5, 0.6) is 5.75 Å². The molecule has 0 aliphatic rings. The Morgan fingerprint density at radius 2 is 2.36 bits per heavy atom. The zero-order valence-electron chi connectivity index (χ0n) is 6.00. The smallest absolute Gasteiger partial charge is 0.159 e. The van der Waals surface area contributed by atoms with E-state index in [2.05, 4.69) is 15.2 Å². The molecular formula is C7H7N3O. The molecule has 0 bridgehead atoms. The van der Waals surface area contributed by atoms with E-state index < -0.39 is 0 Å². The van der Waals surface area contributed by atoms with Gasteiger partial charge in [0.25, 0.3) is 0 Å². The zero-order valence-corrected chi connectivity index (χ0v) is 6.00. The van der Waals surface area contributed by atoms with Gasteiger partial charge in [-0.05, 0) is 6.92 Å². The number of fused-ring (bicyclic) bond motifs is 1. The Labute approximate surface area is 62.9 Å². The lowest BCUT2D eigenvalue weighted by Crippen LogP contribution is -1.81. The standard InChI is InChI=1S/C7H7N3O/c1-4-2-6(11)5-3-8-10-7(5)9-4/h2-3H,1H3,(H2,8,9,10,11). The van der Waals surface area contributed by atoms with Crippen LogP contribution in [-0.2, 0) is 0 Å². The van der Waals surface area contributed by atoms with Crippen LogP contribution < -0.4 is 0 Å². The van der Waals surface area contributed by atoms with E-state index in [1.807, 2.05) is 6.92 Å². The number of nitrogens with zero attached hydrogens (tertiary/aromatic N) is 2. The molecule has 0 radical (unpaired) electrons. The number of hydrogen-bond donors (Lipinski definition) is 2. The van der Waals surface area contributed by atoms with E-state index in [0.29, 0.717) is 11.0 Å². The summed E-state index contributed by atoms with van der Waals surface area (Å²) >= 11 is 0. The molecule has 0 aliphatic carbocycles. The highest BCUT2D eigenvalue weighted by molar-refractivity contribution is 5.80. The van der Waals surface area contributed by atoms with Gasteiger partial charge in [-0.15, -0.1) is 0 Å². The minimum absolute atomic E-state index is 0.223. The molecule has 2 heterocycles. The molecule has 2 N–H and O–H groups in total. The Kier molecular flexibility index (Phi) is 1.09. The van der Waals surface area contributed by atoms with E-state index in [1.54, 1.807) is 12.3 Å². The van der Waals surface area contributed by atoms with Crippen molar-refractivity contribution in [2.24, 2.45) is 0 Å². The molecule has 0 aliphatic heterocycles. The lowest BCUT2D eigenvalue weighted by atomic mass is 10.3. The number of aryl methyl sites for hydroxylation is 1. The van der Waals surface area contributed by atoms with Crippen molar-refractivity contribution in [3.05, 3.63) is 18.0 Å². The Bertz CT molecular complexity index is 393. The lowest BCUT2D eigenvalue weighted by molar-refractivity contribution is 0.480. The highest BCUT2D eigenvalue weighted by Gasteiger charge is 2.02. The van der Waals surface area contributed by atoms with Gasteiger partial charge in [0.2, 0.25) is 0 Å². The van der Waals surface area contributed by atoms with Crippen molar-refractivity contribution >= 4 is 11.0 Å². The molecular weight excluding hydrogens is 142 g/mol. The van der Waals surface area contributed by atoms with Crippen LogP contribution in [0.2, 0.25) is 0 Å². The average Bonchev–Trinajstić information content (AvgIpc) is 2.34. The predicted molar refractivity (Wildman–Crippen MR) is 40.3 cm³/mol. The molecule has 0 unspecified atom stereocenters. The third-order valence-corrected chi connectivity index (χ3v) is 1.53. The fraction of sp³-hybridized carbons (Fsp3) is 0.143. The van der Waals surface area contributed by atoms with E-state index in [0.717, 1.165) is 5.69 Å². The molecule has 4 nitrogen and oxygen atoms in total. The third-order valence-electron chi connectivity index (χ3n) is 1.53.